The summed E-state index contributed by atoms with van der Waals surface area (Å²) in [5.74, 6) is -0.855. The molecule has 0 fully saturated rings. The van der Waals surface area contributed by atoms with Gasteiger partial charge in [-0.25, -0.2) is 4.79 Å². The minimum absolute atomic E-state index is 0.0259. The summed E-state index contributed by atoms with van der Waals surface area (Å²) in [6.07, 6.45) is 5.51. The highest BCUT2D eigenvalue weighted by Crippen LogP contribution is 2.23. The molecular formula is C22H30N4O3. The molecule has 1 heterocycles. The lowest BCUT2D eigenvalue weighted by atomic mass is 9.93. The number of benzene rings is 1. The number of aromatic nitrogens is 2. The first-order valence-corrected chi connectivity index (χ1v) is 10.3. The van der Waals surface area contributed by atoms with Crippen LogP contribution in [0.25, 0.3) is 0 Å². The van der Waals surface area contributed by atoms with Crippen LogP contribution >= 0.6 is 0 Å². The zero-order chi connectivity index (χ0) is 20.8. The number of fused-ring (bicyclic) bond motifs is 1. The Morgan fingerprint density at radius 1 is 1.28 bits per heavy atom. The number of hydrogen-bond acceptors (Lipinski definition) is 3. The Hall–Kier alpha value is -2.83. The van der Waals surface area contributed by atoms with Crippen LogP contribution in [0, 0.1) is 0 Å². The Balaban J connectivity index is 1.59. The lowest BCUT2D eigenvalue weighted by Gasteiger charge is -2.26. The second-order valence-corrected chi connectivity index (χ2v) is 8.03. The van der Waals surface area contributed by atoms with Crippen LogP contribution in [0.3, 0.4) is 0 Å². The SMILES string of the molecule is CC(C)n1ncc2c1CC(NC(=O)NC(CCC(=O)O)Cc1ccccc1)CC2. The molecule has 0 saturated carbocycles. The van der Waals surface area contributed by atoms with Crippen LogP contribution in [0.1, 0.15) is 56.0 Å². The molecule has 0 aliphatic heterocycles. The highest BCUT2D eigenvalue weighted by atomic mass is 16.4. The molecule has 0 bridgehead atoms. The van der Waals surface area contributed by atoms with Crippen molar-refractivity contribution in [2.24, 2.45) is 0 Å². The Bertz CT molecular complexity index is 832. The highest BCUT2D eigenvalue weighted by Gasteiger charge is 2.25. The summed E-state index contributed by atoms with van der Waals surface area (Å²) in [5.41, 5.74) is 3.54. The number of rotatable bonds is 8. The molecule has 2 amide bonds. The second-order valence-electron chi connectivity index (χ2n) is 8.03. The molecule has 0 spiro atoms. The quantitative estimate of drug-likeness (QED) is 0.637. The number of carboxylic acids is 1. The minimum Gasteiger partial charge on any atom is -0.481 e. The van der Waals surface area contributed by atoms with Gasteiger partial charge in [0.05, 0.1) is 6.20 Å². The first-order valence-electron chi connectivity index (χ1n) is 10.3. The topological polar surface area (TPSA) is 96.3 Å². The summed E-state index contributed by atoms with van der Waals surface area (Å²) in [6.45, 7) is 4.21. The number of carboxylic acid groups (broad SMARTS) is 1. The van der Waals surface area contributed by atoms with Crippen molar-refractivity contribution in [1.82, 2.24) is 20.4 Å². The average molecular weight is 399 g/mol. The Kier molecular flexibility index (Phi) is 6.90. The largest absolute Gasteiger partial charge is 0.481 e. The maximum absolute atomic E-state index is 12.6. The van der Waals surface area contributed by atoms with Gasteiger partial charge in [-0.15, -0.1) is 0 Å². The molecule has 1 aliphatic rings. The first kappa shape index (κ1) is 20.9. The number of hydrogen-bond donors (Lipinski definition) is 3. The van der Waals surface area contributed by atoms with E-state index in [0.29, 0.717) is 12.8 Å². The van der Waals surface area contributed by atoms with Gasteiger partial charge in [-0.3, -0.25) is 9.48 Å². The molecule has 0 radical (unpaired) electrons. The predicted molar refractivity (Wildman–Crippen MR) is 111 cm³/mol. The molecule has 7 heteroatoms. The van der Waals surface area contributed by atoms with E-state index < -0.39 is 5.97 Å². The van der Waals surface area contributed by atoms with Crippen LogP contribution in [-0.4, -0.2) is 39.0 Å². The van der Waals surface area contributed by atoms with E-state index >= 15 is 0 Å². The average Bonchev–Trinajstić information content (AvgIpc) is 3.10. The Morgan fingerprint density at radius 2 is 2.03 bits per heavy atom. The number of carbonyl (C=O) groups is 2. The third-order valence-corrected chi connectivity index (χ3v) is 5.38. The standard InChI is InChI=1S/C22H30N4O3/c1-15(2)26-20-13-19(9-8-17(20)14-23-26)25-22(29)24-18(10-11-21(27)28)12-16-6-4-3-5-7-16/h3-7,14-15,18-19H,8-13H2,1-2H3,(H,27,28)(H2,24,25,29). The lowest BCUT2D eigenvalue weighted by molar-refractivity contribution is -0.137. The third-order valence-electron chi connectivity index (χ3n) is 5.38. The van der Waals surface area contributed by atoms with Gasteiger partial charge in [0.15, 0.2) is 0 Å². The van der Waals surface area contributed by atoms with Gasteiger partial charge in [0.2, 0.25) is 0 Å². The molecule has 1 aromatic carbocycles. The summed E-state index contributed by atoms with van der Waals surface area (Å²) in [6, 6.07) is 9.68. The number of aliphatic carboxylic acids is 1. The third kappa shape index (κ3) is 5.82. The number of urea groups is 1. The monoisotopic (exact) mass is 398 g/mol. The van der Waals surface area contributed by atoms with Crippen molar-refractivity contribution < 1.29 is 14.7 Å². The Labute approximate surface area is 171 Å². The summed E-state index contributed by atoms with van der Waals surface area (Å²) >= 11 is 0. The molecule has 0 saturated heterocycles. The van der Waals surface area contributed by atoms with Crippen LogP contribution in [0.4, 0.5) is 4.79 Å². The molecular weight excluding hydrogens is 368 g/mol. The predicted octanol–water partition coefficient (Wildman–Crippen LogP) is 3.10. The van der Waals surface area contributed by atoms with E-state index in [1.165, 1.54) is 11.3 Å². The van der Waals surface area contributed by atoms with Crippen molar-refractivity contribution in [3.63, 3.8) is 0 Å². The van der Waals surface area contributed by atoms with Crippen LogP contribution in [0.15, 0.2) is 36.5 Å². The first-order chi connectivity index (χ1) is 13.9. The van der Waals surface area contributed by atoms with Gasteiger partial charge in [0.25, 0.3) is 0 Å². The van der Waals surface area contributed by atoms with E-state index in [1.807, 2.05) is 41.2 Å². The smallest absolute Gasteiger partial charge is 0.315 e. The van der Waals surface area contributed by atoms with Gasteiger partial charge in [0.1, 0.15) is 0 Å². The van der Waals surface area contributed by atoms with Crippen molar-refractivity contribution in [3.05, 3.63) is 53.3 Å². The molecule has 2 aromatic rings. The molecule has 7 nitrogen and oxygen atoms in total. The van der Waals surface area contributed by atoms with Gasteiger partial charge in [-0.05, 0) is 50.7 Å². The fourth-order valence-electron chi connectivity index (χ4n) is 3.92. The van der Waals surface area contributed by atoms with Gasteiger partial charge in [-0.2, -0.15) is 5.10 Å². The number of nitrogens with zero attached hydrogens (tertiary/aromatic N) is 2. The van der Waals surface area contributed by atoms with Crippen molar-refractivity contribution in [2.75, 3.05) is 0 Å². The van der Waals surface area contributed by atoms with E-state index in [4.69, 9.17) is 5.11 Å². The number of carbonyl (C=O) groups excluding carboxylic acids is 1. The minimum atomic E-state index is -0.855. The highest BCUT2D eigenvalue weighted by molar-refractivity contribution is 5.75. The molecule has 29 heavy (non-hydrogen) atoms. The number of amides is 2. The number of aryl methyl sites for hydroxylation is 1. The van der Waals surface area contributed by atoms with Gasteiger partial charge in [0, 0.05) is 36.7 Å². The molecule has 2 atom stereocenters. The van der Waals surface area contributed by atoms with Crippen molar-refractivity contribution in [3.8, 4) is 0 Å². The normalized spacial score (nSPS) is 16.9. The fraction of sp³-hybridized carbons (Fsp3) is 0.500. The summed E-state index contributed by atoms with van der Waals surface area (Å²) in [7, 11) is 0. The van der Waals surface area contributed by atoms with E-state index in [-0.39, 0.29) is 30.6 Å². The molecule has 156 valence electrons. The maximum Gasteiger partial charge on any atom is 0.315 e. The zero-order valence-corrected chi connectivity index (χ0v) is 17.1. The van der Waals surface area contributed by atoms with Crippen molar-refractivity contribution in [2.45, 2.75) is 70.5 Å². The van der Waals surface area contributed by atoms with Crippen LogP contribution in [0.5, 0.6) is 0 Å². The number of nitrogens with one attached hydrogen (secondary N) is 2. The van der Waals surface area contributed by atoms with Crippen molar-refractivity contribution in [1.29, 1.82) is 0 Å². The molecule has 3 N–H and O–H groups in total. The molecule has 1 aromatic heterocycles. The van der Waals surface area contributed by atoms with Crippen molar-refractivity contribution >= 4 is 12.0 Å². The van der Waals surface area contributed by atoms with E-state index in [1.54, 1.807) is 0 Å². The maximum atomic E-state index is 12.6. The van der Waals surface area contributed by atoms with Gasteiger partial charge in [-0.1, -0.05) is 30.3 Å². The second kappa shape index (κ2) is 9.58. The summed E-state index contributed by atoms with van der Waals surface area (Å²) in [5, 5.41) is 19.6. The van der Waals surface area contributed by atoms with E-state index in [0.717, 1.165) is 24.8 Å². The van der Waals surface area contributed by atoms with Crippen LogP contribution < -0.4 is 10.6 Å². The summed E-state index contributed by atoms with van der Waals surface area (Å²) in [4.78, 5) is 23.6. The van der Waals surface area contributed by atoms with Crippen LogP contribution in [0.2, 0.25) is 0 Å². The van der Waals surface area contributed by atoms with E-state index in [9.17, 15) is 9.59 Å². The molecule has 1 aliphatic carbocycles. The van der Waals surface area contributed by atoms with E-state index in [2.05, 4.69) is 29.6 Å². The lowest BCUT2D eigenvalue weighted by Crippen LogP contribution is -2.48. The summed E-state index contributed by atoms with van der Waals surface area (Å²) < 4.78 is 2.03. The fourth-order valence-corrected chi connectivity index (χ4v) is 3.92. The van der Waals surface area contributed by atoms with Crippen LogP contribution in [-0.2, 0) is 24.1 Å². The van der Waals surface area contributed by atoms with Gasteiger partial charge >= 0.3 is 12.0 Å². The molecule has 3 rings (SSSR count). The molecule has 2 unspecified atom stereocenters. The Morgan fingerprint density at radius 3 is 2.72 bits per heavy atom. The van der Waals surface area contributed by atoms with Gasteiger partial charge < -0.3 is 15.7 Å². The zero-order valence-electron chi connectivity index (χ0n) is 17.1.